The first-order valence-corrected chi connectivity index (χ1v) is 8.56. The molecule has 3 heterocycles. The SMILES string of the molecule is CC(C)(C)OC(=O)N1CC2(C(=O)Nn3ccc(C(F)(F)F)c3C(=O)O)CC1C2. The average Bonchev–Trinajstić information content (AvgIpc) is 3.14. The van der Waals surface area contributed by atoms with E-state index in [-0.39, 0.29) is 12.6 Å². The molecule has 2 amide bonds. The summed E-state index contributed by atoms with van der Waals surface area (Å²) in [4.78, 5) is 37.6. The van der Waals surface area contributed by atoms with Crippen LogP contribution in [-0.4, -0.2) is 50.8 Å². The van der Waals surface area contributed by atoms with Crippen LogP contribution in [0.25, 0.3) is 0 Å². The van der Waals surface area contributed by atoms with Gasteiger partial charge in [-0.25, -0.2) is 9.59 Å². The Balaban J connectivity index is 1.75. The van der Waals surface area contributed by atoms with Crippen LogP contribution < -0.4 is 5.43 Å². The molecule has 11 heteroatoms. The number of ether oxygens (including phenoxy) is 1. The zero-order valence-electron chi connectivity index (χ0n) is 15.5. The summed E-state index contributed by atoms with van der Waals surface area (Å²) in [5.41, 5.74) is -1.87. The standard InChI is InChI=1S/C17H20F3N3O5/c1-15(2,3)28-14(27)22-8-16(6-9(22)7-16)13(26)21-23-5-4-10(17(18,19)20)11(23)12(24)25/h4-5,9H,6-8H2,1-3H3,(H,21,26)(H,24,25). The third kappa shape index (κ3) is 3.40. The zero-order chi connectivity index (χ0) is 21.1. The first-order chi connectivity index (χ1) is 12.7. The Labute approximate surface area is 158 Å². The summed E-state index contributed by atoms with van der Waals surface area (Å²) in [5.74, 6) is -2.45. The van der Waals surface area contributed by atoms with E-state index in [0.717, 1.165) is 6.20 Å². The number of aromatic carboxylic acids is 1. The fraction of sp³-hybridized carbons (Fsp3) is 0.588. The van der Waals surface area contributed by atoms with Crippen molar-refractivity contribution in [3.05, 3.63) is 23.5 Å². The van der Waals surface area contributed by atoms with E-state index in [2.05, 4.69) is 5.43 Å². The highest BCUT2D eigenvalue weighted by atomic mass is 19.4. The van der Waals surface area contributed by atoms with Crippen LogP contribution >= 0.6 is 0 Å². The maximum atomic E-state index is 13.0. The number of amides is 2. The lowest BCUT2D eigenvalue weighted by Crippen LogP contribution is -2.46. The van der Waals surface area contributed by atoms with E-state index < -0.39 is 46.4 Å². The lowest BCUT2D eigenvalue weighted by Gasteiger charge is -2.35. The molecule has 8 nitrogen and oxygen atoms in total. The first-order valence-electron chi connectivity index (χ1n) is 8.56. The fourth-order valence-electron chi connectivity index (χ4n) is 3.64. The van der Waals surface area contributed by atoms with Gasteiger partial charge in [-0.15, -0.1) is 0 Å². The smallest absolute Gasteiger partial charge is 0.418 e. The van der Waals surface area contributed by atoms with Gasteiger partial charge in [0, 0.05) is 18.8 Å². The molecule has 2 N–H and O–H groups in total. The summed E-state index contributed by atoms with van der Waals surface area (Å²) in [6.07, 6.45) is -3.90. The monoisotopic (exact) mass is 403 g/mol. The van der Waals surface area contributed by atoms with Crippen molar-refractivity contribution < 1.29 is 37.4 Å². The van der Waals surface area contributed by atoms with Crippen molar-refractivity contribution in [2.45, 2.75) is 51.4 Å². The normalized spacial score (nSPS) is 23.9. The summed E-state index contributed by atoms with van der Waals surface area (Å²) in [7, 11) is 0. The maximum Gasteiger partial charge on any atom is 0.418 e. The molecule has 0 atom stereocenters. The van der Waals surface area contributed by atoms with Crippen molar-refractivity contribution in [3.63, 3.8) is 0 Å². The van der Waals surface area contributed by atoms with Crippen molar-refractivity contribution in [1.29, 1.82) is 0 Å². The molecule has 0 radical (unpaired) electrons. The molecule has 4 rings (SSSR count). The Morgan fingerprint density at radius 2 is 1.86 bits per heavy atom. The maximum absolute atomic E-state index is 13.0. The minimum absolute atomic E-state index is 0.0637. The summed E-state index contributed by atoms with van der Waals surface area (Å²) in [6.45, 7) is 5.21. The average molecular weight is 403 g/mol. The van der Waals surface area contributed by atoms with Crippen LogP contribution in [0.5, 0.6) is 0 Å². The minimum atomic E-state index is -4.87. The number of hydrogen-bond acceptors (Lipinski definition) is 4. The number of carbonyl (C=O) groups excluding carboxylic acids is 2. The van der Waals surface area contributed by atoms with Gasteiger partial charge in [-0.05, 0) is 39.7 Å². The number of carboxylic acids is 1. The van der Waals surface area contributed by atoms with Crippen LogP contribution in [0.2, 0.25) is 0 Å². The Bertz CT molecular complexity index is 834. The van der Waals surface area contributed by atoms with E-state index in [9.17, 15) is 27.6 Å². The predicted octanol–water partition coefficient (Wildman–Crippen LogP) is 2.67. The van der Waals surface area contributed by atoms with Crippen LogP contribution in [0, 0.1) is 5.41 Å². The van der Waals surface area contributed by atoms with Crippen molar-refractivity contribution in [2.75, 3.05) is 12.0 Å². The number of aromatic nitrogens is 1. The summed E-state index contributed by atoms with van der Waals surface area (Å²) in [6, 6.07) is 0.405. The third-order valence-corrected chi connectivity index (χ3v) is 4.89. The number of alkyl halides is 3. The number of carboxylic acid groups (broad SMARTS) is 1. The summed E-state index contributed by atoms with van der Waals surface area (Å²) in [5, 5.41) is 9.13. The van der Waals surface area contributed by atoms with Crippen LogP contribution in [0.3, 0.4) is 0 Å². The molecular weight excluding hydrogens is 383 g/mol. The number of hydrogen-bond donors (Lipinski definition) is 2. The van der Waals surface area contributed by atoms with Crippen molar-refractivity contribution in [1.82, 2.24) is 9.58 Å². The van der Waals surface area contributed by atoms with E-state index in [1.807, 2.05) is 0 Å². The van der Waals surface area contributed by atoms with Crippen LogP contribution in [0.1, 0.15) is 49.7 Å². The Kier molecular flexibility index (Phi) is 4.39. The van der Waals surface area contributed by atoms with Gasteiger partial charge in [0.2, 0.25) is 5.91 Å². The molecule has 1 aliphatic carbocycles. The van der Waals surface area contributed by atoms with Gasteiger partial charge in [0.1, 0.15) is 5.60 Å². The van der Waals surface area contributed by atoms with Crippen molar-refractivity contribution in [3.8, 4) is 0 Å². The number of carbonyl (C=O) groups is 3. The van der Waals surface area contributed by atoms with Gasteiger partial charge in [-0.1, -0.05) is 0 Å². The van der Waals surface area contributed by atoms with Gasteiger partial charge in [0.15, 0.2) is 5.69 Å². The number of rotatable bonds is 3. The van der Waals surface area contributed by atoms with Crippen LogP contribution in [0.4, 0.5) is 18.0 Å². The Morgan fingerprint density at radius 3 is 2.36 bits per heavy atom. The zero-order valence-corrected chi connectivity index (χ0v) is 15.5. The number of halogens is 3. The van der Waals surface area contributed by atoms with Gasteiger partial charge in [-0.2, -0.15) is 13.2 Å². The topological polar surface area (TPSA) is 101 Å². The molecule has 2 aliphatic heterocycles. The van der Waals surface area contributed by atoms with Crippen LogP contribution in [0.15, 0.2) is 12.3 Å². The second-order valence-corrected chi connectivity index (χ2v) is 8.14. The predicted molar refractivity (Wildman–Crippen MR) is 89.2 cm³/mol. The number of nitrogens with zero attached hydrogens (tertiary/aromatic N) is 2. The molecule has 0 unspecified atom stereocenters. The largest absolute Gasteiger partial charge is 0.476 e. The van der Waals surface area contributed by atoms with Crippen molar-refractivity contribution in [2.24, 2.45) is 5.41 Å². The van der Waals surface area contributed by atoms with Gasteiger partial charge < -0.3 is 14.7 Å². The third-order valence-electron chi connectivity index (χ3n) is 4.89. The molecule has 2 saturated heterocycles. The highest BCUT2D eigenvalue weighted by molar-refractivity contribution is 5.94. The summed E-state index contributed by atoms with van der Waals surface area (Å²) >= 11 is 0. The molecule has 3 aliphatic rings. The number of fused-ring (bicyclic) bond motifs is 1. The van der Waals surface area contributed by atoms with E-state index in [1.54, 1.807) is 20.8 Å². The highest BCUT2D eigenvalue weighted by Crippen LogP contribution is 2.52. The van der Waals surface area contributed by atoms with Crippen molar-refractivity contribution >= 4 is 18.0 Å². The molecule has 154 valence electrons. The second-order valence-electron chi connectivity index (χ2n) is 8.14. The molecule has 1 aromatic heterocycles. The van der Waals surface area contributed by atoms with E-state index in [0.29, 0.717) is 23.6 Å². The quantitative estimate of drug-likeness (QED) is 0.808. The van der Waals surface area contributed by atoms with Gasteiger partial charge >= 0.3 is 18.2 Å². The lowest BCUT2D eigenvalue weighted by molar-refractivity contribution is -0.138. The molecule has 3 fully saturated rings. The highest BCUT2D eigenvalue weighted by Gasteiger charge is 2.61. The second kappa shape index (κ2) is 6.14. The van der Waals surface area contributed by atoms with Gasteiger partial charge in [0.05, 0.1) is 11.0 Å². The molecule has 2 bridgehead atoms. The fourth-order valence-corrected chi connectivity index (χ4v) is 3.64. The van der Waals surface area contributed by atoms with Gasteiger partial charge in [-0.3, -0.25) is 14.9 Å². The minimum Gasteiger partial charge on any atom is -0.476 e. The molecule has 0 aromatic carbocycles. The number of nitrogens with one attached hydrogen (secondary N) is 1. The molecule has 1 aromatic rings. The van der Waals surface area contributed by atoms with E-state index >= 15 is 0 Å². The van der Waals surface area contributed by atoms with Gasteiger partial charge in [0.25, 0.3) is 0 Å². The molecule has 1 saturated carbocycles. The Morgan fingerprint density at radius 1 is 1.25 bits per heavy atom. The first kappa shape index (κ1) is 20.0. The molecule has 0 spiro atoms. The van der Waals surface area contributed by atoms with Crippen LogP contribution in [-0.2, 0) is 15.7 Å². The molecule has 28 heavy (non-hydrogen) atoms. The molecular formula is C17H20F3N3O5. The Hall–Kier alpha value is -2.72. The van der Waals surface area contributed by atoms with E-state index in [4.69, 9.17) is 9.84 Å². The summed E-state index contributed by atoms with van der Waals surface area (Å²) < 4.78 is 44.8. The van der Waals surface area contributed by atoms with E-state index in [1.165, 1.54) is 4.90 Å². The lowest BCUT2D eigenvalue weighted by atomic mass is 9.69.